The Kier molecular flexibility index (Phi) is 7.84. The number of fused-ring (bicyclic) bond motifs is 1. The fourth-order valence-corrected chi connectivity index (χ4v) is 2.15. The number of hydrogen-bond donors (Lipinski definition) is 0. The third-order valence-corrected chi connectivity index (χ3v) is 3.12. The van der Waals surface area contributed by atoms with E-state index in [2.05, 4.69) is 0 Å². The van der Waals surface area contributed by atoms with Gasteiger partial charge in [0.25, 0.3) is 0 Å². The quantitative estimate of drug-likeness (QED) is 0.161. The zero-order chi connectivity index (χ0) is 14.4. The van der Waals surface area contributed by atoms with E-state index in [-0.39, 0.29) is 52.1 Å². The summed E-state index contributed by atoms with van der Waals surface area (Å²) in [4.78, 5) is 0. The minimum atomic E-state index is -2.15. The fraction of sp³-hybridized carbons (Fsp3) is 0. The summed E-state index contributed by atoms with van der Waals surface area (Å²) in [6.07, 6.45) is 0. The molecule has 8 heteroatoms. The molecule has 3 aromatic carbocycles. The molecule has 119 valence electrons. The number of halogens is 7. The molecule has 23 heavy (non-hydrogen) atoms. The van der Waals surface area contributed by atoms with E-state index in [1.54, 1.807) is 24.3 Å². The summed E-state index contributed by atoms with van der Waals surface area (Å²) in [5.74, 6) is -9.68. The molecule has 3 aromatic rings. The Bertz CT molecular complexity index is 770. The molecular formula is C15H6Cl2F5Ti. The van der Waals surface area contributed by atoms with E-state index < -0.39 is 34.6 Å². The van der Waals surface area contributed by atoms with Crippen LogP contribution in [0.15, 0.2) is 36.4 Å². The van der Waals surface area contributed by atoms with Crippen molar-refractivity contribution in [2.75, 3.05) is 0 Å². The summed E-state index contributed by atoms with van der Waals surface area (Å²) in [5, 5.41) is 1.32. The SMILES string of the molecule is Fc1c(F)c(F)c(-c2cc3ccccc3[cH-]2)c(F)c1F.[Cl-].[Cl-].[Ti+3]. The van der Waals surface area contributed by atoms with Crippen LogP contribution >= 0.6 is 0 Å². The molecule has 0 N–H and O–H groups in total. The second-order valence-corrected chi connectivity index (χ2v) is 4.32. The normalized spacial score (nSPS) is 9.78. The van der Waals surface area contributed by atoms with Crippen LogP contribution in [0.1, 0.15) is 0 Å². The summed E-state index contributed by atoms with van der Waals surface area (Å²) in [7, 11) is 0. The van der Waals surface area contributed by atoms with Crippen LogP contribution in [0.3, 0.4) is 0 Å². The molecule has 0 aliphatic carbocycles. The van der Waals surface area contributed by atoms with Crippen LogP contribution in [0.25, 0.3) is 21.9 Å². The van der Waals surface area contributed by atoms with Crippen molar-refractivity contribution in [2.45, 2.75) is 0 Å². The van der Waals surface area contributed by atoms with Crippen molar-refractivity contribution in [1.29, 1.82) is 0 Å². The predicted octanol–water partition coefficient (Wildman–Crippen LogP) is -1.07. The molecule has 0 aliphatic heterocycles. The first-order valence-electron chi connectivity index (χ1n) is 5.68. The van der Waals surface area contributed by atoms with Gasteiger partial charge in [-0.2, -0.15) is 0 Å². The third-order valence-electron chi connectivity index (χ3n) is 3.12. The van der Waals surface area contributed by atoms with Gasteiger partial charge in [0.1, 0.15) is 11.6 Å². The smallest absolute Gasteiger partial charge is 1.00 e. The molecule has 0 saturated carbocycles. The van der Waals surface area contributed by atoms with E-state index in [0.717, 1.165) is 0 Å². The van der Waals surface area contributed by atoms with Crippen LogP contribution in [0.2, 0.25) is 0 Å². The Morgan fingerprint density at radius 2 is 1.17 bits per heavy atom. The van der Waals surface area contributed by atoms with Crippen LogP contribution in [0.4, 0.5) is 22.0 Å². The maximum atomic E-state index is 13.7. The van der Waals surface area contributed by atoms with Gasteiger partial charge in [-0.25, -0.2) is 22.0 Å². The largest absolute Gasteiger partial charge is 3.00 e. The zero-order valence-electron chi connectivity index (χ0n) is 11.1. The first-order valence-corrected chi connectivity index (χ1v) is 5.68. The molecule has 0 nitrogen and oxygen atoms in total. The number of hydrogen-bond acceptors (Lipinski definition) is 0. The second-order valence-electron chi connectivity index (χ2n) is 4.32. The maximum absolute atomic E-state index is 13.7. The predicted molar refractivity (Wildman–Crippen MR) is 64.8 cm³/mol. The Morgan fingerprint density at radius 1 is 0.696 bits per heavy atom. The van der Waals surface area contributed by atoms with Crippen LogP contribution in [-0.2, 0) is 21.7 Å². The van der Waals surface area contributed by atoms with Gasteiger partial charge in [-0.15, -0.1) is 34.5 Å². The van der Waals surface area contributed by atoms with Crippen LogP contribution < -0.4 is 24.8 Å². The zero-order valence-corrected chi connectivity index (χ0v) is 14.2. The van der Waals surface area contributed by atoms with Crippen molar-refractivity contribution in [3.8, 4) is 11.1 Å². The fourth-order valence-electron chi connectivity index (χ4n) is 2.15. The summed E-state index contributed by atoms with van der Waals surface area (Å²) in [5.41, 5.74) is -0.948. The Hall–Kier alpha value is -1.01. The van der Waals surface area contributed by atoms with Gasteiger partial charge >= 0.3 is 21.7 Å². The molecule has 0 heterocycles. The molecule has 0 atom stereocenters. The van der Waals surface area contributed by atoms with Crippen molar-refractivity contribution < 1.29 is 68.5 Å². The Morgan fingerprint density at radius 3 is 1.70 bits per heavy atom. The first kappa shape index (κ1) is 22.0. The molecule has 1 radical (unpaired) electrons. The van der Waals surface area contributed by atoms with Gasteiger partial charge in [0.2, 0.25) is 0 Å². The number of rotatable bonds is 1. The summed E-state index contributed by atoms with van der Waals surface area (Å²) < 4.78 is 66.7. The third kappa shape index (κ3) is 3.58. The van der Waals surface area contributed by atoms with Gasteiger partial charge in [-0.1, -0.05) is 18.2 Å². The molecule has 0 bridgehead atoms. The molecule has 3 rings (SSSR count). The van der Waals surface area contributed by atoms with E-state index in [1.165, 1.54) is 12.1 Å². The molecule has 0 unspecified atom stereocenters. The summed E-state index contributed by atoms with van der Waals surface area (Å²) in [6.45, 7) is 0. The average molecular weight is 400 g/mol. The topological polar surface area (TPSA) is 0 Å². The Labute approximate surface area is 155 Å². The minimum absolute atomic E-state index is 0. The second kappa shape index (κ2) is 8.20. The molecule has 0 spiro atoms. The molecular weight excluding hydrogens is 394 g/mol. The molecule has 0 fully saturated rings. The van der Waals surface area contributed by atoms with Crippen LogP contribution in [0, 0.1) is 29.1 Å². The molecule has 0 saturated heterocycles. The van der Waals surface area contributed by atoms with E-state index in [4.69, 9.17) is 0 Å². The van der Waals surface area contributed by atoms with Crippen LogP contribution in [-0.4, -0.2) is 0 Å². The van der Waals surface area contributed by atoms with Gasteiger partial charge in [0, 0.05) is 0 Å². The summed E-state index contributed by atoms with van der Waals surface area (Å²) >= 11 is 0. The monoisotopic (exact) mass is 399 g/mol. The van der Waals surface area contributed by atoms with Gasteiger partial charge in [-0.3, -0.25) is 0 Å². The van der Waals surface area contributed by atoms with Gasteiger partial charge < -0.3 is 24.8 Å². The maximum Gasteiger partial charge on any atom is 3.00 e. The minimum Gasteiger partial charge on any atom is -1.00 e. The first-order chi connectivity index (χ1) is 9.50. The summed E-state index contributed by atoms with van der Waals surface area (Å²) in [6, 6.07) is 9.56. The molecule has 0 aromatic heterocycles. The van der Waals surface area contributed by atoms with Crippen molar-refractivity contribution >= 4 is 10.8 Å². The van der Waals surface area contributed by atoms with E-state index in [9.17, 15) is 22.0 Å². The number of benzene rings is 2. The van der Waals surface area contributed by atoms with E-state index in [0.29, 0.717) is 10.8 Å². The molecule has 0 amide bonds. The standard InChI is InChI=1S/C15H6F5.2ClH.Ti/c16-11-10(12(17)14(19)15(20)13(11)18)9-5-7-3-1-2-4-8(7)6-9;;;/h1-6H;2*1H;/q-1;;;+3/p-2. The average Bonchev–Trinajstić information content (AvgIpc) is 2.86. The Balaban J connectivity index is 0.00000161. The van der Waals surface area contributed by atoms with Gasteiger partial charge in [-0.05, 0) is 5.56 Å². The van der Waals surface area contributed by atoms with Crippen molar-refractivity contribution in [1.82, 2.24) is 0 Å². The van der Waals surface area contributed by atoms with Gasteiger partial charge in [0.05, 0.1) is 0 Å². The van der Waals surface area contributed by atoms with Crippen molar-refractivity contribution in [2.24, 2.45) is 0 Å². The van der Waals surface area contributed by atoms with Crippen molar-refractivity contribution in [3.63, 3.8) is 0 Å². The van der Waals surface area contributed by atoms with Crippen LogP contribution in [0.5, 0.6) is 0 Å². The van der Waals surface area contributed by atoms with Gasteiger partial charge in [0.15, 0.2) is 17.5 Å². The molecule has 0 aliphatic rings. The van der Waals surface area contributed by atoms with Crippen molar-refractivity contribution in [3.05, 3.63) is 65.5 Å². The van der Waals surface area contributed by atoms with E-state index >= 15 is 0 Å². The van der Waals surface area contributed by atoms with E-state index in [1.807, 2.05) is 0 Å².